The van der Waals surface area contributed by atoms with Gasteiger partial charge < -0.3 is 15.3 Å². The molecule has 2 aliphatic rings. The van der Waals surface area contributed by atoms with Crippen LogP contribution in [0, 0.1) is 22.2 Å². The monoisotopic (exact) mass is 670 g/mol. The van der Waals surface area contributed by atoms with E-state index < -0.39 is 50.6 Å². The molecule has 2 fully saturated rings. The van der Waals surface area contributed by atoms with Crippen LogP contribution in [-0.2, 0) is 14.4 Å². The quantitative estimate of drug-likeness (QED) is 0.0481. The van der Waals surface area contributed by atoms with Crippen LogP contribution in [0.25, 0.3) is 5.76 Å². The molecule has 49 heavy (non-hydrogen) atoms. The lowest BCUT2D eigenvalue weighted by Crippen LogP contribution is -2.70. The molecule has 0 spiro atoms. The number of aliphatic hydroxyl groups excluding tert-OH is 1. The number of hydrogen-bond acceptors (Lipinski definition) is 6. The molecule has 6 nitrogen and oxygen atoms in total. The molecular formula is C43H58O6. The number of aromatic hydroxyl groups is 2. The third-order valence-electron chi connectivity index (χ3n) is 10.8. The zero-order valence-corrected chi connectivity index (χ0v) is 31.4. The van der Waals surface area contributed by atoms with Gasteiger partial charge in [0.25, 0.3) is 0 Å². The summed E-state index contributed by atoms with van der Waals surface area (Å²) in [5.41, 5.74) is 1.11. The molecule has 0 aliphatic heterocycles. The Morgan fingerprint density at radius 3 is 1.90 bits per heavy atom. The summed E-state index contributed by atoms with van der Waals surface area (Å²) in [6.45, 7) is 20.1. The van der Waals surface area contributed by atoms with Crippen molar-refractivity contribution in [3.05, 3.63) is 87.6 Å². The number of hydrogen-bond donors (Lipinski definition) is 3. The smallest absolute Gasteiger partial charge is 0.184 e. The van der Waals surface area contributed by atoms with Crippen LogP contribution in [-0.4, -0.2) is 32.7 Å². The van der Waals surface area contributed by atoms with E-state index in [2.05, 4.69) is 45.9 Å². The minimum Gasteiger partial charge on any atom is -0.506 e. The highest BCUT2D eigenvalue weighted by Gasteiger charge is 2.74. The zero-order chi connectivity index (χ0) is 36.9. The van der Waals surface area contributed by atoms with E-state index in [1.54, 1.807) is 0 Å². The normalized spacial score (nSPS) is 26.2. The van der Waals surface area contributed by atoms with E-state index in [0.29, 0.717) is 19.3 Å². The number of fused-ring (bicyclic) bond motifs is 2. The van der Waals surface area contributed by atoms with E-state index in [1.807, 2.05) is 53.7 Å². The Morgan fingerprint density at radius 2 is 1.33 bits per heavy atom. The molecule has 0 radical (unpaired) electrons. The van der Waals surface area contributed by atoms with Gasteiger partial charge in [0.1, 0.15) is 16.7 Å². The van der Waals surface area contributed by atoms with Crippen molar-refractivity contribution in [2.24, 2.45) is 22.2 Å². The van der Waals surface area contributed by atoms with Gasteiger partial charge in [-0.2, -0.15) is 0 Å². The Bertz CT molecular complexity index is 1650. The maximum absolute atomic E-state index is 15.4. The fourth-order valence-corrected chi connectivity index (χ4v) is 7.78. The molecule has 3 rings (SSSR count). The summed E-state index contributed by atoms with van der Waals surface area (Å²) >= 11 is 0. The van der Waals surface area contributed by atoms with E-state index in [1.165, 1.54) is 23.3 Å². The summed E-state index contributed by atoms with van der Waals surface area (Å²) < 4.78 is 0. The highest BCUT2D eigenvalue weighted by Crippen LogP contribution is 2.67. The van der Waals surface area contributed by atoms with Crippen LogP contribution in [0.4, 0.5) is 0 Å². The highest BCUT2D eigenvalue weighted by molar-refractivity contribution is 6.41. The van der Waals surface area contributed by atoms with Crippen LogP contribution < -0.4 is 0 Å². The van der Waals surface area contributed by atoms with Crippen LogP contribution in [0.1, 0.15) is 126 Å². The van der Waals surface area contributed by atoms with Crippen molar-refractivity contribution in [2.75, 3.05) is 0 Å². The van der Waals surface area contributed by atoms with E-state index in [0.717, 1.165) is 35.6 Å². The molecule has 3 N–H and O–H groups in total. The van der Waals surface area contributed by atoms with E-state index in [4.69, 9.17) is 0 Å². The number of ketones is 3. The first-order valence-corrected chi connectivity index (χ1v) is 17.6. The van der Waals surface area contributed by atoms with Gasteiger partial charge in [-0.3, -0.25) is 14.4 Å². The Hall–Kier alpha value is -3.93. The maximum Gasteiger partial charge on any atom is 0.184 e. The number of Topliss-reactive ketones (excluding diaryl/α,β-unsaturated/α-hetero) is 3. The van der Waals surface area contributed by atoms with Gasteiger partial charge in [-0.1, -0.05) is 65.2 Å². The van der Waals surface area contributed by atoms with Gasteiger partial charge in [0.2, 0.25) is 0 Å². The number of aliphatic hydroxyl groups is 1. The summed E-state index contributed by atoms with van der Waals surface area (Å²) in [7, 11) is 0. The molecule has 4 atom stereocenters. The number of phenols is 2. The average molecular weight is 671 g/mol. The third-order valence-corrected chi connectivity index (χ3v) is 10.8. The van der Waals surface area contributed by atoms with Crippen LogP contribution in [0.2, 0.25) is 0 Å². The molecule has 2 bridgehead atoms. The van der Waals surface area contributed by atoms with Crippen molar-refractivity contribution in [3.63, 3.8) is 0 Å². The van der Waals surface area contributed by atoms with Crippen molar-refractivity contribution in [1.29, 1.82) is 0 Å². The first-order valence-electron chi connectivity index (χ1n) is 17.6. The van der Waals surface area contributed by atoms with E-state index >= 15 is 9.59 Å². The van der Waals surface area contributed by atoms with Gasteiger partial charge in [-0.15, -0.1) is 0 Å². The number of carbonyl (C=O) groups excluding carboxylic acids is 3. The zero-order valence-electron chi connectivity index (χ0n) is 31.4. The number of carbonyl (C=O) groups is 3. The SMILES string of the molecule is CC(C)=CCC/C(C)=C/C[C@H]1C[C@@]2(CC=C(C)C)C(=O)C(=C(O)c3ccc(O)c(O)c3)C(=O)[C@](CC=C(C)C)(C2=O)[C@]1(C)CCC=C(C)C. The molecule has 0 aromatic heterocycles. The van der Waals surface area contributed by atoms with Crippen LogP contribution in [0.5, 0.6) is 11.5 Å². The van der Waals surface area contributed by atoms with Crippen molar-refractivity contribution in [2.45, 2.75) is 121 Å². The first kappa shape index (κ1) is 39.5. The molecule has 1 aromatic carbocycles. The Morgan fingerprint density at radius 1 is 0.755 bits per heavy atom. The molecule has 6 heteroatoms. The summed E-state index contributed by atoms with van der Waals surface area (Å²) in [6, 6.07) is 3.69. The summed E-state index contributed by atoms with van der Waals surface area (Å²) in [5, 5.41) is 32.0. The fraction of sp³-hybridized carbons (Fsp3) is 0.512. The Balaban J connectivity index is 2.44. The van der Waals surface area contributed by atoms with Crippen LogP contribution in [0.3, 0.4) is 0 Å². The minimum atomic E-state index is -1.63. The van der Waals surface area contributed by atoms with Crippen LogP contribution in [0.15, 0.2) is 82.0 Å². The molecule has 0 unspecified atom stereocenters. The number of benzene rings is 1. The molecule has 2 saturated carbocycles. The van der Waals surface area contributed by atoms with E-state index in [9.17, 15) is 20.1 Å². The van der Waals surface area contributed by atoms with Crippen LogP contribution >= 0.6 is 0 Å². The number of rotatable bonds is 13. The van der Waals surface area contributed by atoms with Gasteiger partial charge in [-0.25, -0.2) is 0 Å². The average Bonchev–Trinajstić information content (AvgIpc) is 3.00. The summed E-state index contributed by atoms with van der Waals surface area (Å²) in [4.78, 5) is 45.6. The van der Waals surface area contributed by atoms with Gasteiger partial charge in [0.15, 0.2) is 28.8 Å². The lowest BCUT2D eigenvalue weighted by Gasteiger charge is -2.61. The van der Waals surface area contributed by atoms with Crippen molar-refractivity contribution in [3.8, 4) is 11.5 Å². The summed E-state index contributed by atoms with van der Waals surface area (Å²) in [5.74, 6) is -3.33. The topological polar surface area (TPSA) is 112 Å². The molecular weight excluding hydrogens is 612 g/mol. The second-order valence-corrected chi connectivity index (χ2v) is 15.6. The van der Waals surface area contributed by atoms with Gasteiger partial charge in [0.05, 0.1) is 5.41 Å². The number of phenolic OH excluding ortho intramolecular Hbond substituents is 2. The van der Waals surface area contributed by atoms with Gasteiger partial charge in [-0.05, 0) is 143 Å². The predicted octanol–water partition coefficient (Wildman–Crippen LogP) is 10.6. The standard InChI is InChI=1S/C43H58O6/c1-27(2)13-11-15-31(9)16-18-33-26-42(23-20-29(5)6)38(47)36(37(46)32-17-19-34(44)35(45)25-32)39(48)43(40(42)49,24-21-30(7)8)41(33,10)22-12-14-28(3)4/h13-14,16-17,19-21,25,33,44-46H,11-12,15,18,22-24,26H2,1-10H3/b31-16+,37-36?/t33-,41+,42-,43+/m0/s1. The Labute approximate surface area is 294 Å². The second-order valence-electron chi connectivity index (χ2n) is 15.6. The lowest BCUT2D eigenvalue weighted by molar-refractivity contribution is -0.178. The maximum atomic E-state index is 15.4. The van der Waals surface area contributed by atoms with Gasteiger partial charge >= 0.3 is 0 Å². The molecule has 0 amide bonds. The lowest BCUT2D eigenvalue weighted by atomic mass is 9.37. The number of allylic oxidation sites excluding steroid dienone is 11. The second kappa shape index (κ2) is 15.7. The third kappa shape index (κ3) is 7.95. The minimum absolute atomic E-state index is 0.0202. The van der Waals surface area contributed by atoms with Crippen molar-refractivity contribution in [1.82, 2.24) is 0 Å². The molecule has 1 aromatic rings. The fourth-order valence-electron chi connectivity index (χ4n) is 7.78. The highest BCUT2D eigenvalue weighted by atomic mass is 16.3. The molecule has 0 saturated heterocycles. The molecule has 0 heterocycles. The first-order chi connectivity index (χ1) is 22.8. The van der Waals surface area contributed by atoms with E-state index in [-0.39, 0.29) is 36.5 Å². The van der Waals surface area contributed by atoms with Crippen molar-refractivity contribution >= 4 is 23.1 Å². The Kier molecular flexibility index (Phi) is 12.7. The van der Waals surface area contributed by atoms with Crippen molar-refractivity contribution < 1.29 is 29.7 Å². The largest absolute Gasteiger partial charge is 0.506 e. The molecule has 266 valence electrons. The predicted molar refractivity (Wildman–Crippen MR) is 199 cm³/mol. The summed E-state index contributed by atoms with van der Waals surface area (Å²) in [6.07, 6.45) is 14.6. The molecule has 2 aliphatic carbocycles. The van der Waals surface area contributed by atoms with Gasteiger partial charge in [0, 0.05) is 5.56 Å².